The second-order valence-electron chi connectivity index (χ2n) is 10.4. The van der Waals surface area contributed by atoms with Gasteiger partial charge in [0.15, 0.2) is 0 Å². The van der Waals surface area contributed by atoms with E-state index in [-0.39, 0.29) is 36.7 Å². The largest absolute Gasteiger partial charge is 0.492 e. The molecule has 2 N–H and O–H groups in total. The molecule has 0 spiro atoms. The fraction of sp³-hybridized carbons (Fsp3) is 0.333. The molecule has 3 amide bonds. The molecular weight excluding hydrogens is 568 g/mol. The summed E-state index contributed by atoms with van der Waals surface area (Å²) in [6.45, 7) is 2.02. The number of carbonyl (C=O) groups excluding carboxylic acids is 3. The van der Waals surface area contributed by atoms with E-state index in [1.807, 2.05) is 48.5 Å². The summed E-state index contributed by atoms with van der Waals surface area (Å²) in [7, 11) is 0. The van der Waals surface area contributed by atoms with Crippen molar-refractivity contribution in [2.45, 2.75) is 18.9 Å². The van der Waals surface area contributed by atoms with E-state index in [1.54, 1.807) is 22.1 Å². The number of benzene rings is 2. The van der Waals surface area contributed by atoms with Gasteiger partial charge in [0.1, 0.15) is 25.2 Å². The molecule has 2 aromatic carbocycles. The summed E-state index contributed by atoms with van der Waals surface area (Å²) in [5.41, 5.74) is 2.26. The number of rotatable bonds is 3. The fourth-order valence-corrected chi connectivity index (χ4v) is 5.60. The third-order valence-corrected chi connectivity index (χ3v) is 7.68. The Balaban J connectivity index is 0.00000123. The van der Waals surface area contributed by atoms with Gasteiger partial charge in [-0.05, 0) is 46.7 Å². The molecule has 0 radical (unpaired) electrons. The van der Waals surface area contributed by atoms with Crippen LogP contribution in [-0.2, 0) is 20.9 Å². The van der Waals surface area contributed by atoms with Crippen LogP contribution >= 0.6 is 0 Å². The molecule has 44 heavy (non-hydrogen) atoms. The third kappa shape index (κ3) is 6.97. The molecule has 14 nitrogen and oxygen atoms in total. The van der Waals surface area contributed by atoms with Gasteiger partial charge in [-0.2, -0.15) is 0 Å². The first-order chi connectivity index (χ1) is 21.5. The Morgan fingerprint density at radius 1 is 1.05 bits per heavy atom. The lowest BCUT2D eigenvalue weighted by atomic mass is 9.88. The van der Waals surface area contributed by atoms with Crippen molar-refractivity contribution >= 4 is 35.1 Å². The highest BCUT2D eigenvalue weighted by molar-refractivity contribution is 6.06. The van der Waals surface area contributed by atoms with E-state index in [4.69, 9.17) is 14.6 Å². The van der Waals surface area contributed by atoms with Gasteiger partial charge in [0.25, 0.3) is 12.4 Å². The van der Waals surface area contributed by atoms with Crippen LogP contribution in [-0.4, -0.2) is 104 Å². The quantitative estimate of drug-likeness (QED) is 0.326. The average molecular weight is 601 g/mol. The molecular formula is C30H32N8O6. The van der Waals surface area contributed by atoms with Gasteiger partial charge in [-0.15, -0.1) is 5.10 Å². The van der Waals surface area contributed by atoms with Gasteiger partial charge in [0.05, 0.1) is 23.5 Å². The van der Waals surface area contributed by atoms with Crippen LogP contribution < -0.4 is 10.1 Å². The van der Waals surface area contributed by atoms with E-state index < -0.39 is 5.92 Å². The summed E-state index contributed by atoms with van der Waals surface area (Å²) >= 11 is 0. The van der Waals surface area contributed by atoms with Crippen molar-refractivity contribution in [2.24, 2.45) is 5.92 Å². The van der Waals surface area contributed by atoms with Crippen molar-refractivity contribution in [1.29, 1.82) is 0 Å². The first kappa shape index (κ1) is 30.1. The Labute approximate surface area is 252 Å². The number of amides is 3. The van der Waals surface area contributed by atoms with Crippen LogP contribution in [0.2, 0.25) is 0 Å². The molecule has 4 aromatic rings. The molecule has 14 heteroatoms. The van der Waals surface area contributed by atoms with Gasteiger partial charge in [0, 0.05) is 43.7 Å². The maximum absolute atomic E-state index is 13.7. The smallest absolute Gasteiger partial charge is 0.290 e. The second kappa shape index (κ2) is 14.2. The molecule has 4 heterocycles. The van der Waals surface area contributed by atoms with Crippen LogP contribution in [0.1, 0.15) is 28.3 Å². The lowest BCUT2D eigenvalue weighted by molar-refractivity contribution is -0.132. The summed E-state index contributed by atoms with van der Waals surface area (Å²) in [6.07, 6.45) is 3.61. The van der Waals surface area contributed by atoms with Crippen molar-refractivity contribution in [3.8, 4) is 5.75 Å². The minimum atomic E-state index is -0.428. The lowest BCUT2D eigenvalue weighted by Crippen LogP contribution is -2.40. The zero-order valence-electron chi connectivity index (χ0n) is 23.9. The number of pyridine rings is 1. The van der Waals surface area contributed by atoms with Crippen molar-refractivity contribution in [1.82, 2.24) is 40.3 Å². The molecule has 0 saturated carbocycles. The SMILES string of the molecule is O=C1NCCCN(C(=O)Cn2cnnn2)CCOc2cccc(c2)[C@H]2CN(C(=O)c3ccnc4ccccc34)C[C@H]12.O=CO. The number of carboxylic acid groups (broad SMARTS) is 1. The summed E-state index contributed by atoms with van der Waals surface area (Å²) < 4.78 is 7.42. The van der Waals surface area contributed by atoms with Crippen molar-refractivity contribution in [3.05, 3.63) is 78.2 Å². The number of hydrogen-bond donors (Lipinski definition) is 2. The first-order valence-electron chi connectivity index (χ1n) is 14.2. The predicted molar refractivity (Wildman–Crippen MR) is 157 cm³/mol. The molecule has 228 valence electrons. The Morgan fingerprint density at radius 3 is 2.68 bits per heavy atom. The number of nitrogens with one attached hydrogen (secondary N) is 1. The third-order valence-electron chi connectivity index (χ3n) is 7.68. The zero-order valence-corrected chi connectivity index (χ0v) is 23.9. The molecule has 2 aromatic heterocycles. The molecule has 2 aliphatic rings. The van der Waals surface area contributed by atoms with Crippen LogP contribution in [0.5, 0.6) is 5.75 Å². The maximum Gasteiger partial charge on any atom is 0.290 e. The minimum absolute atomic E-state index is 0.0230. The number of nitrogens with zero attached hydrogens (tertiary/aromatic N) is 7. The second-order valence-corrected chi connectivity index (χ2v) is 10.4. The number of hydrogen-bond acceptors (Lipinski definition) is 9. The van der Waals surface area contributed by atoms with Crippen molar-refractivity contribution in [3.63, 3.8) is 0 Å². The van der Waals surface area contributed by atoms with Gasteiger partial charge in [-0.3, -0.25) is 24.2 Å². The number of aromatic nitrogens is 5. The Morgan fingerprint density at radius 2 is 1.86 bits per heavy atom. The van der Waals surface area contributed by atoms with Crippen LogP contribution in [0.3, 0.4) is 0 Å². The number of likely N-dealkylation sites (tertiary alicyclic amines) is 1. The summed E-state index contributed by atoms with van der Waals surface area (Å²) in [5.74, 6) is -0.334. The highest BCUT2D eigenvalue weighted by Crippen LogP contribution is 2.36. The average Bonchev–Trinajstić information content (AvgIpc) is 3.72. The first-order valence-corrected chi connectivity index (χ1v) is 14.2. The van der Waals surface area contributed by atoms with Crippen LogP contribution in [0.15, 0.2) is 67.1 Å². The Hall–Kier alpha value is -5.40. The van der Waals surface area contributed by atoms with E-state index in [0.717, 1.165) is 16.5 Å². The van der Waals surface area contributed by atoms with E-state index in [9.17, 15) is 14.4 Å². The molecule has 0 aliphatic carbocycles. The van der Waals surface area contributed by atoms with E-state index in [0.29, 0.717) is 57.1 Å². The number of tetrazole rings is 1. The van der Waals surface area contributed by atoms with Gasteiger partial charge in [-0.25, -0.2) is 4.68 Å². The topological polar surface area (TPSA) is 173 Å². The summed E-state index contributed by atoms with van der Waals surface area (Å²) in [6, 6.07) is 17.0. The molecule has 1 fully saturated rings. The molecule has 2 bridgehead atoms. The molecule has 0 unspecified atom stereocenters. The minimum Gasteiger partial charge on any atom is -0.492 e. The van der Waals surface area contributed by atoms with Gasteiger partial charge in [-0.1, -0.05) is 30.3 Å². The van der Waals surface area contributed by atoms with Gasteiger partial charge in [0.2, 0.25) is 11.8 Å². The predicted octanol–water partition coefficient (Wildman–Crippen LogP) is 1.21. The normalized spacial score (nSPS) is 18.6. The molecule has 6 rings (SSSR count). The number of fused-ring (bicyclic) bond motifs is 5. The van der Waals surface area contributed by atoms with Crippen molar-refractivity contribution < 1.29 is 29.0 Å². The fourth-order valence-electron chi connectivity index (χ4n) is 5.60. The Kier molecular flexibility index (Phi) is 9.69. The summed E-state index contributed by atoms with van der Waals surface area (Å²) in [4.78, 5) is 56.4. The molecule has 2 aliphatic heterocycles. The molecule has 1 saturated heterocycles. The molecule has 2 atom stereocenters. The van der Waals surface area contributed by atoms with E-state index in [2.05, 4.69) is 25.8 Å². The lowest BCUT2D eigenvalue weighted by Gasteiger charge is -2.24. The van der Waals surface area contributed by atoms with Crippen molar-refractivity contribution in [2.75, 3.05) is 39.3 Å². The highest BCUT2D eigenvalue weighted by Gasteiger charge is 2.41. The van der Waals surface area contributed by atoms with Gasteiger partial charge < -0.3 is 25.0 Å². The standard InChI is InChI=1S/C29H30N8O4.CH2O2/c38-27(18-37-19-32-33-34-37)35-12-4-10-31-28(39)25-17-36(16-24(25)20-5-3-6-21(15-20)41-14-13-35)29(40)23-9-11-30-26-8-2-1-7-22(23)26;2-1-3/h1-3,5-9,11,15,19,24-25H,4,10,12-14,16-18H2,(H,31,39);1H,(H,2,3)/t24-,25+;/m1./s1. The van der Waals surface area contributed by atoms with E-state index >= 15 is 0 Å². The van der Waals surface area contributed by atoms with Crippen LogP contribution in [0.4, 0.5) is 0 Å². The summed E-state index contributed by atoms with van der Waals surface area (Å²) in [5, 5.41) is 21.7. The monoisotopic (exact) mass is 600 g/mol. The van der Waals surface area contributed by atoms with Gasteiger partial charge >= 0.3 is 0 Å². The highest BCUT2D eigenvalue weighted by atomic mass is 16.5. The number of para-hydroxylation sites is 1. The number of ether oxygens (including phenoxy) is 1. The van der Waals surface area contributed by atoms with Crippen LogP contribution in [0, 0.1) is 5.92 Å². The number of carbonyl (C=O) groups is 4. The van der Waals surface area contributed by atoms with E-state index in [1.165, 1.54) is 11.0 Å². The maximum atomic E-state index is 13.7. The zero-order chi connectivity index (χ0) is 30.9. The Bertz CT molecular complexity index is 1610. The van der Waals surface area contributed by atoms with Crippen LogP contribution in [0.25, 0.3) is 10.9 Å².